The second kappa shape index (κ2) is 12.1. The van der Waals surface area contributed by atoms with Crippen LogP contribution in [0, 0.1) is 13.8 Å². The molecule has 1 aliphatic carbocycles. The van der Waals surface area contributed by atoms with Gasteiger partial charge in [-0.3, -0.25) is 4.79 Å². The van der Waals surface area contributed by atoms with Crippen molar-refractivity contribution in [2.75, 3.05) is 44.9 Å². The van der Waals surface area contributed by atoms with Crippen LogP contribution in [0.3, 0.4) is 0 Å². The molecule has 204 valence electrons. The van der Waals surface area contributed by atoms with Crippen LogP contribution in [-0.4, -0.2) is 61.1 Å². The normalized spacial score (nSPS) is 15.3. The van der Waals surface area contributed by atoms with E-state index in [1.165, 1.54) is 4.68 Å². The number of ether oxygens (including phenoxy) is 2. The van der Waals surface area contributed by atoms with Gasteiger partial charge in [0.1, 0.15) is 11.4 Å². The highest BCUT2D eigenvalue weighted by Crippen LogP contribution is 2.28. The zero-order valence-corrected chi connectivity index (χ0v) is 23.4. The number of benzene rings is 2. The Morgan fingerprint density at radius 2 is 1.85 bits per heavy atom. The fourth-order valence-corrected chi connectivity index (χ4v) is 5.24. The fourth-order valence-electron chi connectivity index (χ4n) is 5.24. The van der Waals surface area contributed by atoms with Crippen LogP contribution in [0.1, 0.15) is 53.5 Å². The third kappa shape index (κ3) is 5.58. The molecular formula is C31H37N5O3. The Morgan fingerprint density at radius 3 is 2.62 bits per heavy atom. The van der Waals surface area contributed by atoms with E-state index in [1.54, 1.807) is 7.11 Å². The Kier molecular flexibility index (Phi) is 8.33. The lowest BCUT2D eigenvalue weighted by Crippen LogP contribution is -2.29. The molecule has 0 atom stereocenters. The largest absolute Gasteiger partial charge is 0.382 e. The van der Waals surface area contributed by atoms with Crippen molar-refractivity contribution in [3.8, 4) is 0 Å². The summed E-state index contributed by atoms with van der Waals surface area (Å²) in [5, 5.41) is 4.81. The number of hydrogen-bond acceptors (Lipinski definition) is 7. The van der Waals surface area contributed by atoms with E-state index >= 15 is 0 Å². The van der Waals surface area contributed by atoms with E-state index in [9.17, 15) is 4.79 Å². The van der Waals surface area contributed by atoms with Gasteiger partial charge in [-0.1, -0.05) is 24.3 Å². The van der Waals surface area contributed by atoms with Crippen LogP contribution in [-0.2, 0) is 22.3 Å². The third-order valence-corrected chi connectivity index (χ3v) is 7.46. The number of anilines is 1. The van der Waals surface area contributed by atoms with E-state index in [0.717, 1.165) is 78.1 Å². The van der Waals surface area contributed by atoms with Crippen molar-refractivity contribution in [3.05, 3.63) is 86.6 Å². The lowest BCUT2D eigenvalue weighted by molar-refractivity contribution is 0.0741. The van der Waals surface area contributed by atoms with Gasteiger partial charge in [0.05, 0.1) is 31.2 Å². The van der Waals surface area contributed by atoms with Gasteiger partial charge in [0, 0.05) is 37.0 Å². The topological polar surface area (TPSA) is 81.3 Å². The smallest absolute Gasteiger partial charge is 0.277 e. The quantitative estimate of drug-likeness (QED) is 0.360. The van der Waals surface area contributed by atoms with E-state index < -0.39 is 0 Å². The molecule has 0 saturated heterocycles. The second-order valence-corrected chi connectivity index (χ2v) is 10.1. The first-order valence-corrected chi connectivity index (χ1v) is 13.8. The minimum absolute atomic E-state index is 0.0654. The molecule has 0 saturated carbocycles. The van der Waals surface area contributed by atoms with Crippen molar-refractivity contribution in [1.29, 1.82) is 0 Å². The van der Waals surface area contributed by atoms with Crippen LogP contribution in [0.2, 0.25) is 0 Å². The molecule has 2 aromatic carbocycles. The molecule has 2 heterocycles. The summed E-state index contributed by atoms with van der Waals surface area (Å²) >= 11 is 0. The number of aromatic nitrogens is 2. The van der Waals surface area contributed by atoms with Gasteiger partial charge in [-0.25, -0.2) is 9.98 Å². The maximum atomic E-state index is 13.5. The van der Waals surface area contributed by atoms with Crippen molar-refractivity contribution in [3.63, 3.8) is 0 Å². The van der Waals surface area contributed by atoms with Crippen molar-refractivity contribution in [2.45, 2.75) is 46.5 Å². The predicted octanol–water partition coefficient (Wildman–Crippen LogP) is 4.62. The summed E-state index contributed by atoms with van der Waals surface area (Å²) in [6.45, 7) is 9.76. The van der Waals surface area contributed by atoms with Gasteiger partial charge in [-0.2, -0.15) is 9.78 Å². The van der Waals surface area contributed by atoms with E-state index in [2.05, 4.69) is 43.9 Å². The summed E-state index contributed by atoms with van der Waals surface area (Å²) in [5.41, 5.74) is 7.99. The van der Waals surface area contributed by atoms with Crippen LogP contribution < -0.4 is 10.5 Å². The summed E-state index contributed by atoms with van der Waals surface area (Å²) < 4.78 is 12.2. The van der Waals surface area contributed by atoms with Crippen LogP contribution in [0.4, 0.5) is 11.4 Å². The van der Waals surface area contributed by atoms with Crippen molar-refractivity contribution in [2.24, 2.45) is 10.1 Å². The standard InChI is InChI=1S/C31H37N5O3/c1-5-35(16-17-39-19-18-38-4)23-14-15-26(22(3)20-23)32-29-28(24-11-7-6-10-21(24)2)34-36-30(29)33-27-13-9-8-12-25(27)31(36)37/h6-7,10-11,14-15,20H,5,8-9,12-13,16-19H2,1-4H3. The van der Waals surface area contributed by atoms with Gasteiger partial charge in [0.15, 0.2) is 5.82 Å². The molecule has 39 heavy (non-hydrogen) atoms. The SMILES string of the molecule is CCN(CCOCCOC)c1ccc(N=C2C(c3ccccc3C)=Nn3c2nc2c(c3=O)CCCC2)c(C)c1. The molecule has 2 aliphatic rings. The monoisotopic (exact) mass is 527 g/mol. The third-order valence-electron chi connectivity index (χ3n) is 7.46. The Bertz CT molecular complexity index is 1470. The van der Waals surface area contributed by atoms with Gasteiger partial charge in [-0.15, -0.1) is 0 Å². The molecule has 0 amide bonds. The molecule has 0 spiro atoms. The molecule has 8 nitrogen and oxygen atoms in total. The van der Waals surface area contributed by atoms with Gasteiger partial charge in [-0.05, 0) is 75.8 Å². The molecule has 8 heteroatoms. The molecule has 1 aromatic heterocycles. The number of methoxy groups -OCH3 is 1. The predicted molar refractivity (Wildman–Crippen MR) is 156 cm³/mol. The average Bonchev–Trinajstić information content (AvgIpc) is 3.30. The molecule has 0 bridgehead atoms. The Hall–Kier alpha value is -3.62. The number of rotatable bonds is 10. The zero-order chi connectivity index (χ0) is 27.4. The molecule has 0 unspecified atom stereocenters. The highest BCUT2D eigenvalue weighted by atomic mass is 16.5. The number of fused-ring (bicyclic) bond motifs is 2. The molecule has 5 rings (SSSR count). The number of aryl methyl sites for hydroxylation is 3. The number of hydrogen-bond donors (Lipinski definition) is 0. The van der Waals surface area contributed by atoms with Crippen LogP contribution in [0.25, 0.3) is 0 Å². The van der Waals surface area contributed by atoms with E-state index in [-0.39, 0.29) is 5.56 Å². The number of aliphatic imine (C=N–C) groups is 1. The minimum Gasteiger partial charge on any atom is -0.382 e. The molecule has 3 aromatic rings. The van der Waals surface area contributed by atoms with E-state index in [4.69, 9.17) is 24.6 Å². The number of nitrogens with zero attached hydrogens (tertiary/aromatic N) is 5. The van der Waals surface area contributed by atoms with Crippen LogP contribution >= 0.6 is 0 Å². The van der Waals surface area contributed by atoms with E-state index in [1.807, 2.05) is 24.3 Å². The van der Waals surface area contributed by atoms with Crippen molar-refractivity contribution in [1.82, 2.24) is 9.66 Å². The Morgan fingerprint density at radius 1 is 1.03 bits per heavy atom. The summed E-state index contributed by atoms with van der Waals surface area (Å²) in [6, 6.07) is 14.4. The van der Waals surface area contributed by atoms with Crippen molar-refractivity contribution >= 4 is 22.8 Å². The fraction of sp³-hybridized carbons (Fsp3) is 0.419. The van der Waals surface area contributed by atoms with Gasteiger partial charge >= 0.3 is 0 Å². The summed E-state index contributed by atoms with van der Waals surface area (Å²) in [6.07, 6.45) is 3.64. The first-order chi connectivity index (χ1) is 19.0. The zero-order valence-electron chi connectivity index (χ0n) is 23.4. The molecular weight excluding hydrogens is 490 g/mol. The van der Waals surface area contributed by atoms with Gasteiger partial charge in [0.25, 0.3) is 5.56 Å². The molecule has 0 radical (unpaired) electrons. The first-order valence-electron chi connectivity index (χ1n) is 13.8. The molecule has 1 aliphatic heterocycles. The lowest BCUT2D eigenvalue weighted by Gasteiger charge is -2.24. The Balaban J connectivity index is 1.52. The van der Waals surface area contributed by atoms with Gasteiger partial charge in [0.2, 0.25) is 0 Å². The second-order valence-electron chi connectivity index (χ2n) is 10.1. The van der Waals surface area contributed by atoms with Gasteiger partial charge < -0.3 is 14.4 Å². The molecule has 0 N–H and O–H groups in total. The highest BCUT2D eigenvalue weighted by molar-refractivity contribution is 6.54. The first kappa shape index (κ1) is 27.0. The van der Waals surface area contributed by atoms with E-state index in [0.29, 0.717) is 37.1 Å². The van der Waals surface area contributed by atoms with Crippen LogP contribution in [0.5, 0.6) is 0 Å². The summed E-state index contributed by atoms with van der Waals surface area (Å²) in [5.74, 6) is 0.533. The Labute approximate surface area is 230 Å². The lowest BCUT2D eigenvalue weighted by atomic mass is 9.96. The maximum absolute atomic E-state index is 13.5. The number of likely N-dealkylation sites (N-methyl/N-ethyl adjacent to an activating group) is 1. The van der Waals surface area contributed by atoms with Crippen LogP contribution in [0.15, 0.2) is 57.4 Å². The molecule has 0 fully saturated rings. The minimum atomic E-state index is -0.0654. The van der Waals surface area contributed by atoms with Crippen molar-refractivity contribution < 1.29 is 9.47 Å². The summed E-state index contributed by atoms with van der Waals surface area (Å²) in [4.78, 5) is 25.8. The maximum Gasteiger partial charge on any atom is 0.277 e. The average molecular weight is 528 g/mol. The highest BCUT2D eigenvalue weighted by Gasteiger charge is 2.31. The summed E-state index contributed by atoms with van der Waals surface area (Å²) in [7, 11) is 1.68.